The highest BCUT2D eigenvalue weighted by Gasteiger charge is 2.32. The van der Waals surface area contributed by atoms with Crippen molar-refractivity contribution in [3.05, 3.63) is 60.7 Å². The molecule has 0 aliphatic heterocycles. The third-order valence-electron chi connectivity index (χ3n) is 4.39. The maximum Gasteiger partial charge on any atom is 0.236 e. The van der Waals surface area contributed by atoms with E-state index in [1.807, 2.05) is 65.6 Å². The molecule has 3 heteroatoms. The molecule has 0 bridgehead atoms. The molecular weight excluding hydrogens is 272 g/mol. The molecule has 2 atom stereocenters. The van der Waals surface area contributed by atoms with Gasteiger partial charge in [0.25, 0.3) is 0 Å². The Morgan fingerprint density at radius 2 is 1.36 bits per heavy atom. The summed E-state index contributed by atoms with van der Waals surface area (Å²) in [5.41, 5.74) is 8.03. The highest BCUT2D eigenvalue weighted by atomic mass is 16.2. The van der Waals surface area contributed by atoms with Gasteiger partial charge >= 0.3 is 0 Å². The van der Waals surface area contributed by atoms with E-state index in [1.54, 1.807) is 0 Å². The van der Waals surface area contributed by atoms with Crippen LogP contribution in [0, 0.1) is 5.92 Å². The van der Waals surface area contributed by atoms with Gasteiger partial charge in [-0.2, -0.15) is 0 Å². The van der Waals surface area contributed by atoms with E-state index in [1.165, 1.54) is 0 Å². The predicted octanol–water partition coefficient (Wildman–Crippen LogP) is 3.87. The number of benzene rings is 2. The van der Waals surface area contributed by atoms with Crippen LogP contribution in [0.15, 0.2) is 60.7 Å². The number of rotatable bonds is 3. The Morgan fingerprint density at radius 1 is 0.864 bits per heavy atom. The van der Waals surface area contributed by atoms with Crippen LogP contribution < -0.4 is 10.6 Å². The molecule has 1 amide bonds. The number of hydrogen-bond acceptors (Lipinski definition) is 2. The van der Waals surface area contributed by atoms with E-state index in [9.17, 15) is 4.79 Å². The van der Waals surface area contributed by atoms with Crippen molar-refractivity contribution >= 4 is 17.3 Å². The van der Waals surface area contributed by atoms with E-state index in [0.717, 1.165) is 37.1 Å². The standard InChI is InChI=1S/C19H22N2O/c20-18-14-8-7-13-17(18)19(22)21(15-9-3-1-4-10-15)16-11-5-2-6-12-16/h1-6,9-12,17-18H,7-8,13-14,20H2/t17-,18+/m1/s1. The van der Waals surface area contributed by atoms with Crippen molar-refractivity contribution in [2.24, 2.45) is 11.7 Å². The van der Waals surface area contributed by atoms with E-state index in [-0.39, 0.29) is 17.9 Å². The highest BCUT2D eigenvalue weighted by molar-refractivity contribution is 6.02. The Bertz CT molecular complexity index is 572. The van der Waals surface area contributed by atoms with Crippen molar-refractivity contribution in [1.82, 2.24) is 0 Å². The van der Waals surface area contributed by atoms with Gasteiger partial charge in [0.2, 0.25) is 5.91 Å². The molecule has 0 heterocycles. The SMILES string of the molecule is N[C@H]1CCCC[C@H]1C(=O)N(c1ccccc1)c1ccccc1. The largest absolute Gasteiger partial charge is 0.327 e. The summed E-state index contributed by atoms with van der Waals surface area (Å²) in [6, 6.07) is 19.6. The van der Waals surface area contributed by atoms with Crippen LogP contribution in [0.5, 0.6) is 0 Å². The Hall–Kier alpha value is -2.13. The molecule has 0 aromatic heterocycles. The molecule has 0 unspecified atom stereocenters. The molecule has 114 valence electrons. The van der Waals surface area contributed by atoms with Crippen LogP contribution in [0.1, 0.15) is 25.7 Å². The quantitative estimate of drug-likeness (QED) is 0.934. The zero-order chi connectivity index (χ0) is 15.4. The fraction of sp³-hybridized carbons (Fsp3) is 0.316. The van der Waals surface area contributed by atoms with Gasteiger partial charge in [-0.25, -0.2) is 0 Å². The average Bonchev–Trinajstić information content (AvgIpc) is 2.57. The molecule has 2 aromatic carbocycles. The van der Waals surface area contributed by atoms with Crippen LogP contribution in [0.25, 0.3) is 0 Å². The maximum atomic E-state index is 13.2. The van der Waals surface area contributed by atoms with Crippen LogP contribution in [-0.2, 0) is 4.79 Å². The van der Waals surface area contributed by atoms with E-state index < -0.39 is 0 Å². The van der Waals surface area contributed by atoms with Gasteiger partial charge in [-0.15, -0.1) is 0 Å². The molecule has 3 nitrogen and oxygen atoms in total. The van der Waals surface area contributed by atoms with Crippen LogP contribution in [0.3, 0.4) is 0 Å². The van der Waals surface area contributed by atoms with E-state index in [2.05, 4.69) is 0 Å². The number of carbonyl (C=O) groups is 1. The van der Waals surface area contributed by atoms with Crippen molar-refractivity contribution < 1.29 is 4.79 Å². The summed E-state index contributed by atoms with van der Waals surface area (Å²) in [5.74, 6) is 0.0266. The van der Waals surface area contributed by atoms with Gasteiger partial charge in [0.05, 0.1) is 5.92 Å². The number of carbonyl (C=O) groups excluding carboxylic acids is 1. The lowest BCUT2D eigenvalue weighted by Gasteiger charge is -2.33. The Kier molecular flexibility index (Phi) is 4.54. The number of hydrogen-bond donors (Lipinski definition) is 1. The van der Waals surface area contributed by atoms with Gasteiger partial charge in [-0.1, -0.05) is 49.2 Å². The second-order valence-electron chi connectivity index (χ2n) is 5.90. The molecule has 0 radical (unpaired) electrons. The molecule has 1 aliphatic carbocycles. The predicted molar refractivity (Wildman–Crippen MR) is 90.0 cm³/mol. The van der Waals surface area contributed by atoms with Crippen molar-refractivity contribution in [2.75, 3.05) is 4.90 Å². The maximum absolute atomic E-state index is 13.2. The lowest BCUT2D eigenvalue weighted by Crippen LogP contribution is -2.44. The Labute approximate surface area is 131 Å². The fourth-order valence-corrected chi connectivity index (χ4v) is 3.19. The normalized spacial score (nSPS) is 21.3. The molecule has 1 saturated carbocycles. The fourth-order valence-electron chi connectivity index (χ4n) is 3.19. The summed E-state index contributed by atoms with van der Waals surface area (Å²) in [6.45, 7) is 0. The molecular formula is C19H22N2O. The summed E-state index contributed by atoms with van der Waals surface area (Å²) >= 11 is 0. The molecule has 2 N–H and O–H groups in total. The zero-order valence-corrected chi connectivity index (χ0v) is 12.7. The number of nitrogens with zero attached hydrogens (tertiary/aromatic N) is 1. The molecule has 1 aliphatic rings. The summed E-state index contributed by atoms with van der Waals surface area (Å²) < 4.78 is 0. The van der Waals surface area contributed by atoms with Crippen LogP contribution in [0.2, 0.25) is 0 Å². The van der Waals surface area contributed by atoms with Gasteiger partial charge < -0.3 is 5.73 Å². The lowest BCUT2D eigenvalue weighted by atomic mass is 9.84. The summed E-state index contributed by atoms with van der Waals surface area (Å²) in [4.78, 5) is 15.0. The first kappa shape index (κ1) is 14.8. The summed E-state index contributed by atoms with van der Waals surface area (Å²) in [5, 5.41) is 0. The van der Waals surface area contributed by atoms with E-state index in [4.69, 9.17) is 5.73 Å². The first-order valence-corrected chi connectivity index (χ1v) is 7.97. The number of anilines is 2. The third-order valence-corrected chi connectivity index (χ3v) is 4.39. The smallest absolute Gasteiger partial charge is 0.236 e. The topological polar surface area (TPSA) is 46.3 Å². The number of nitrogens with two attached hydrogens (primary N) is 1. The van der Waals surface area contributed by atoms with Gasteiger partial charge in [0, 0.05) is 17.4 Å². The molecule has 1 fully saturated rings. The first-order valence-electron chi connectivity index (χ1n) is 7.97. The van der Waals surface area contributed by atoms with E-state index >= 15 is 0 Å². The molecule has 0 spiro atoms. The molecule has 22 heavy (non-hydrogen) atoms. The summed E-state index contributed by atoms with van der Waals surface area (Å²) in [6.07, 6.45) is 4.03. The Morgan fingerprint density at radius 3 is 1.86 bits per heavy atom. The van der Waals surface area contributed by atoms with Crippen LogP contribution in [0.4, 0.5) is 11.4 Å². The highest BCUT2D eigenvalue weighted by Crippen LogP contribution is 2.31. The number of amides is 1. The van der Waals surface area contributed by atoms with Crippen molar-refractivity contribution in [2.45, 2.75) is 31.7 Å². The minimum absolute atomic E-state index is 0.0313. The Balaban J connectivity index is 1.97. The second kappa shape index (κ2) is 6.75. The van der Waals surface area contributed by atoms with Crippen LogP contribution in [-0.4, -0.2) is 11.9 Å². The molecule has 2 aromatic rings. The molecule has 0 saturated heterocycles. The summed E-state index contributed by atoms with van der Waals surface area (Å²) in [7, 11) is 0. The van der Waals surface area contributed by atoms with Gasteiger partial charge in [-0.3, -0.25) is 9.69 Å². The van der Waals surface area contributed by atoms with E-state index in [0.29, 0.717) is 0 Å². The average molecular weight is 294 g/mol. The minimum atomic E-state index is -0.0887. The minimum Gasteiger partial charge on any atom is -0.327 e. The zero-order valence-electron chi connectivity index (χ0n) is 12.7. The monoisotopic (exact) mass is 294 g/mol. The van der Waals surface area contributed by atoms with Gasteiger partial charge in [0.1, 0.15) is 0 Å². The lowest BCUT2D eigenvalue weighted by molar-refractivity contribution is -0.123. The van der Waals surface area contributed by atoms with Gasteiger partial charge in [-0.05, 0) is 37.1 Å². The molecule has 3 rings (SSSR count). The first-order chi connectivity index (χ1) is 10.8. The van der Waals surface area contributed by atoms with Crippen molar-refractivity contribution in [1.29, 1.82) is 0 Å². The third kappa shape index (κ3) is 3.04. The van der Waals surface area contributed by atoms with Crippen molar-refractivity contribution in [3.63, 3.8) is 0 Å². The second-order valence-corrected chi connectivity index (χ2v) is 5.90. The van der Waals surface area contributed by atoms with Gasteiger partial charge in [0.15, 0.2) is 0 Å². The number of para-hydroxylation sites is 2. The van der Waals surface area contributed by atoms with Crippen molar-refractivity contribution in [3.8, 4) is 0 Å². The van der Waals surface area contributed by atoms with Crippen LogP contribution >= 0.6 is 0 Å².